The number of likely N-dealkylation sites (tertiary alicyclic amines) is 1. The molecule has 2 aliphatic heterocycles. The molecule has 126 valence electrons. The van der Waals surface area contributed by atoms with Crippen molar-refractivity contribution in [3.63, 3.8) is 0 Å². The molecule has 1 aliphatic carbocycles. The first-order valence-corrected chi connectivity index (χ1v) is 9.60. The third-order valence-electron chi connectivity index (χ3n) is 5.92. The van der Waals surface area contributed by atoms with E-state index in [2.05, 4.69) is 16.7 Å². The summed E-state index contributed by atoms with van der Waals surface area (Å²) in [5, 5.41) is 0. The Morgan fingerprint density at radius 2 is 1.83 bits per heavy atom. The zero-order valence-corrected chi connectivity index (χ0v) is 13.9. The summed E-state index contributed by atoms with van der Waals surface area (Å²) in [7, 11) is 0. The molecular weight excluding hydrogens is 319 g/mol. The number of halogens is 3. The summed E-state index contributed by atoms with van der Waals surface area (Å²) in [5.41, 5.74) is 1.13. The monoisotopic (exact) mass is 341 g/mol. The van der Waals surface area contributed by atoms with Crippen molar-refractivity contribution in [2.75, 3.05) is 24.6 Å². The third kappa shape index (κ3) is 3.02. The summed E-state index contributed by atoms with van der Waals surface area (Å²) in [5.74, 6) is 3.06. The first-order chi connectivity index (χ1) is 11.0. The van der Waals surface area contributed by atoms with E-state index < -0.39 is 11.7 Å². The lowest BCUT2D eigenvalue weighted by molar-refractivity contribution is -0.137. The second kappa shape index (κ2) is 5.69. The van der Waals surface area contributed by atoms with Gasteiger partial charge in [0.2, 0.25) is 0 Å². The standard InChI is InChI=1S/C18H22F3NS/c19-18(20,21)15-4-1-13(2-5-15)14-3-6-16(9-14)22-8-7-17(10-22)11-23-12-17/h1-2,4-5,14,16H,3,6-12H2. The second-order valence-electron chi connectivity index (χ2n) is 7.50. The molecule has 3 fully saturated rings. The van der Waals surface area contributed by atoms with E-state index in [9.17, 15) is 13.2 Å². The van der Waals surface area contributed by atoms with Crippen molar-refractivity contribution >= 4 is 11.8 Å². The van der Waals surface area contributed by atoms with E-state index in [4.69, 9.17) is 0 Å². The van der Waals surface area contributed by atoms with Gasteiger partial charge in [-0.15, -0.1) is 0 Å². The molecule has 0 bridgehead atoms. The molecule has 23 heavy (non-hydrogen) atoms. The fraction of sp³-hybridized carbons (Fsp3) is 0.667. The van der Waals surface area contributed by atoms with E-state index in [1.54, 1.807) is 12.1 Å². The van der Waals surface area contributed by atoms with Gasteiger partial charge >= 0.3 is 6.18 Å². The summed E-state index contributed by atoms with van der Waals surface area (Å²) in [4.78, 5) is 2.66. The van der Waals surface area contributed by atoms with Crippen LogP contribution in [-0.4, -0.2) is 35.5 Å². The van der Waals surface area contributed by atoms with Gasteiger partial charge in [-0.1, -0.05) is 12.1 Å². The summed E-state index contributed by atoms with van der Waals surface area (Å²) < 4.78 is 38.0. The van der Waals surface area contributed by atoms with Crippen molar-refractivity contribution in [2.24, 2.45) is 5.41 Å². The molecular formula is C18H22F3NS. The molecule has 0 N–H and O–H groups in total. The average Bonchev–Trinajstić information content (AvgIpc) is 3.13. The molecule has 5 heteroatoms. The Bertz CT molecular complexity index is 565. The fourth-order valence-corrected chi connectivity index (χ4v) is 5.70. The van der Waals surface area contributed by atoms with Crippen LogP contribution < -0.4 is 0 Å². The number of rotatable bonds is 2. The van der Waals surface area contributed by atoms with Crippen molar-refractivity contribution in [3.8, 4) is 0 Å². The normalized spacial score (nSPS) is 30.7. The predicted octanol–water partition coefficient (Wildman–Crippen LogP) is 4.78. The minimum absolute atomic E-state index is 0.426. The smallest absolute Gasteiger partial charge is 0.300 e. The molecule has 2 saturated heterocycles. The Balaban J connectivity index is 1.38. The van der Waals surface area contributed by atoms with Crippen LogP contribution in [0.25, 0.3) is 0 Å². The Morgan fingerprint density at radius 3 is 2.39 bits per heavy atom. The average molecular weight is 341 g/mol. The highest BCUT2D eigenvalue weighted by atomic mass is 32.2. The van der Waals surface area contributed by atoms with Crippen LogP contribution in [0.2, 0.25) is 0 Å². The molecule has 0 aromatic heterocycles. The van der Waals surface area contributed by atoms with Gasteiger partial charge in [-0.05, 0) is 55.8 Å². The Labute approximate surface area is 139 Å². The largest absolute Gasteiger partial charge is 0.416 e. The maximum absolute atomic E-state index is 12.7. The minimum Gasteiger partial charge on any atom is -0.300 e. The third-order valence-corrected chi connectivity index (χ3v) is 7.55. The van der Waals surface area contributed by atoms with Crippen molar-refractivity contribution in [1.29, 1.82) is 0 Å². The fourth-order valence-electron chi connectivity index (χ4n) is 4.44. The lowest BCUT2D eigenvalue weighted by Gasteiger charge is -2.38. The molecule has 2 heterocycles. The van der Waals surface area contributed by atoms with Crippen LogP contribution in [-0.2, 0) is 6.18 Å². The van der Waals surface area contributed by atoms with Crippen LogP contribution in [0, 0.1) is 5.41 Å². The molecule has 2 atom stereocenters. The quantitative estimate of drug-likeness (QED) is 0.761. The van der Waals surface area contributed by atoms with Crippen molar-refractivity contribution < 1.29 is 13.2 Å². The van der Waals surface area contributed by atoms with Crippen LogP contribution >= 0.6 is 11.8 Å². The van der Waals surface area contributed by atoms with E-state index in [1.807, 2.05) is 0 Å². The van der Waals surface area contributed by atoms with Crippen LogP contribution in [0.5, 0.6) is 0 Å². The molecule has 1 aromatic rings. The zero-order chi connectivity index (χ0) is 16.1. The topological polar surface area (TPSA) is 3.24 Å². The molecule has 1 aromatic carbocycles. The Kier molecular flexibility index (Phi) is 3.92. The molecule has 3 aliphatic rings. The number of thioether (sulfide) groups is 1. The van der Waals surface area contributed by atoms with Gasteiger partial charge in [0, 0.05) is 29.5 Å². The van der Waals surface area contributed by atoms with Gasteiger partial charge < -0.3 is 0 Å². The first-order valence-electron chi connectivity index (χ1n) is 8.44. The highest BCUT2D eigenvalue weighted by Crippen LogP contribution is 2.48. The number of nitrogens with zero attached hydrogens (tertiary/aromatic N) is 1. The summed E-state index contributed by atoms with van der Waals surface area (Å²) >= 11 is 2.06. The number of hydrogen-bond acceptors (Lipinski definition) is 2. The number of benzene rings is 1. The minimum atomic E-state index is -4.23. The molecule has 1 nitrogen and oxygen atoms in total. The highest BCUT2D eigenvalue weighted by molar-refractivity contribution is 8.00. The van der Waals surface area contributed by atoms with Crippen LogP contribution in [0.1, 0.15) is 42.7 Å². The van der Waals surface area contributed by atoms with Gasteiger partial charge in [0.15, 0.2) is 0 Å². The van der Waals surface area contributed by atoms with E-state index in [1.165, 1.54) is 49.6 Å². The lowest BCUT2D eigenvalue weighted by Crippen LogP contribution is -2.40. The van der Waals surface area contributed by atoms with Crippen LogP contribution in [0.15, 0.2) is 24.3 Å². The zero-order valence-electron chi connectivity index (χ0n) is 13.1. The second-order valence-corrected chi connectivity index (χ2v) is 8.48. The predicted molar refractivity (Wildman–Crippen MR) is 87.8 cm³/mol. The van der Waals surface area contributed by atoms with Crippen LogP contribution in [0.4, 0.5) is 13.2 Å². The summed E-state index contributed by atoms with van der Waals surface area (Å²) in [6.45, 7) is 2.45. The first kappa shape index (κ1) is 15.8. The molecule has 0 radical (unpaired) electrons. The molecule has 0 amide bonds. The van der Waals surface area contributed by atoms with Crippen molar-refractivity contribution in [1.82, 2.24) is 4.90 Å². The number of alkyl halides is 3. The SMILES string of the molecule is FC(F)(F)c1ccc(C2CCC(N3CCC4(CSC4)C3)C2)cc1. The Morgan fingerprint density at radius 1 is 1.09 bits per heavy atom. The highest BCUT2D eigenvalue weighted by Gasteiger charge is 2.46. The maximum atomic E-state index is 12.7. The van der Waals surface area contributed by atoms with Gasteiger partial charge in [-0.3, -0.25) is 4.90 Å². The van der Waals surface area contributed by atoms with Gasteiger partial charge in [0.25, 0.3) is 0 Å². The summed E-state index contributed by atoms with van der Waals surface area (Å²) in [6.07, 6.45) is 0.501. The summed E-state index contributed by atoms with van der Waals surface area (Å²) in [6, 6.07) is 6.47. The number of hydrogen-bond donors (Lipinski definition) is 0. The van der Waals surface area contributed by atoms with E-state index in [0.717, 1.165) is 18.4 Å². The molecule has 1 saturated carbocycles. The van der Waals surface area contributed by atoms with Gasteiger partial charge in [-0.25, -0.2) is 0 Å². The van der Waals surface area contributed by atoms with Gasteiger partial charge in [-0.2, -0.15) is 24.9 Å². The van der Waals surface area contributed by atoms with Gasteiger partial charge in [0.1, 0.15) is 0 Å². The molecule has 2 unspecified atom stereocenters. The van der Waals surface area contributed by atoms with Gasteiger partial charge in [0.05, 0.1) is 5.56 Å². The van der Waals surface area contributed by atoms with Crippen LogP contribution in [0.3, 0.4) is 0 Å². The van der Waals surface area contributed by atoms with Crippen molar-refractivity contribution in [2.45, 2.75) is 43.8 Å². The van der Waals surface area contributed by atoms with E-state index >= 15 is 0 Å². The van der Waals surface area contributed by atoms with Crippen molar-refractivity contribution in [3.05, 3.63) is 35.4 Å². The van der Waals surface area contributed by atoms with E-state index in [0.29, 0.717) is 17.4 Å². The van der Waals surface area contributed by atoms with E-state index in [-0.39, 0.29) is 0 Å². The Hall–Kier alpha value is -0.680. The molecule has 1 spiro atoms. The maximum Gasteiger partial charge on any atom is 0.416 e. The lowest BCUT2D eigenvalue weighted by atomic mass is 9.91. The molecule has 4 rings (SSSR count).